The van der Waals surface area contributed by atoms with Gasteiger partial charge in [0.1, 0.15) is 0 Å². The molecule has 0 saturated carbocycles. The molecular weight excluding hydrogens is 280 g/mol. The third-order valence-corrected chi connectivity index (χ3v) is 3.75. The minimum atomic E-state index is -0.222. The van der Waals surface area contributed by atoms with Gasteiger partial charge in [-0.25, -0.2) is 0 Å². The molecule has 22 heavy (non-hydrogen) atoms. The van der Waals surface area contributed by atoms with Crippen molar-refractivity contribution in [3.8, 4) is 0 Å². The van der Waals surface area contributed by atoms with Crippen LogP contribution < -0.4 is 0 Å². The number of nitrogens with zero attached hydrogens (tertiary/aromatic N) is 2. The summed E-state index contributed by atoms with van der Waals surface area (Å²) in [5.41, 5.74) is 0. The molecule has 0 heterocycles. The highest BCUT2D eigenvalue weighted by molar-refractivity contribution is 5.77. The molecule has 0 aliphatic rings. The lowest BCUT2D eigenvalue weighted by Crippen LogP contribution is -2.34. The van der Waals surface area contributed by atoms with Crippen molar-refractivity contribution in [1.82, 2.24) is 9.80 Å². The second-order valence-corrected chi connectivity index (χ2v) is 5.42. The highest BCUT2D eigenvalue weighted by Crippen LogP contribution is 2.04. The molecule has 0 saturated heterocycles. The van der Waals surface area contributed by atoms with Crippen LogP contribution in [0.5, 0.6) is 0 Å². The number of rotatable bonds is 13. The van der Waals surface area contributed by atoms with Crippen molar-refractivity contribution in [1.29, 1.82) is 0 Å². The van der Waals surface area contributed by atoms with Crippen molar-refractivity contribution in [2.45, 2.75) is 59.8 Å². The second-order valence-electron chi connectivity index (χ2n) is 5.42. The Balaban J connectivity index is 4.18. The van der Waals surface area contributed by atoms with Crippen LogP contribution in [0.2, 0.25) is 0 Å². The molecule has 0 bridgehead atoms. The summed E-state index contributed by atoms with van der Waals surface area (Å²) in [7, 11) is 0. The van der Waals surface area contributed by atoms with E-state index in [0.717, 1.165) is 45.4 Å². The average Bonchev–Trinajstić information content (AvgIpc) is 2.50. The fraction of sp³-hybridized carbons (Fsp3) is 0.882. The Morgan fingerprint density at radius 2 is 1.50 bits per heavy atom. The Labute approximate surface area is 136 Å². The second kappa shape index (κ2) is 13.6. The molecule has 0 rings (SSSR count). The van der Waals surface area contributed by atoms with Gasteiger partial charge in [0.15, 0.2) is 0 Å². The van der Waals surface area contributed by atoms with Crippen LogP contribution >= 0.6 is 0 Å². The summed E-state index contributed by atoms with van der Waals surface area (Å²) in [6.45, 7) is 12.9. The molecular formula is C17H34N2O3. The van der Waals surface area contributed by atoms with Gasteiger partial charge in [0, 0.05) is 19.5 Å². The van der Waals surface area contributed by atoms with E-state index < -0.39 is 0 Å². The largest absolute Gasteiger partial charge is 0.466 e. The summed E-state index contributed by atoms with van der Waals surface area (Å²) >= 11 is 0. The van der Waals surface area contributed by atoms with Crippen molar-refractivity contribution in [3.05, 3.63) is 0 Å². The Kier molecular flexibility index (Phi) is 12.9. The van der Waals surface area contributed by atoms with Crippen molar-refractivity contribution >= 4 is 11.9 Å². The summed E-state index contributed by atoms with van der Waals surface area (Å²) in [5.74, 6) is -0.0745. The van der Waals surface area contributed by atoms with E-state index in [-0.39, 0.29) is 11.9 Å². The normalized spacial score (nSPS) is 10.8. The van der Waals surface area contributed by atoms with E-state index >= 15 is 0 Å². The van der Waals surface area contributed by atoms with E-state index in [1.807, 2.05) is 11.8 Å². The van der Waals surface area contributed by atoms with Gasteiger partial charge in [0.05, 0.1) is 13.0 Å². The van der Waals surface area contributed by atoms with Crippen LogP contribution in [-0.4, -0.2) is 61.0 Å². The molecule has 5 nitrogen and oxygen atoms in total. The molecule has 1 amide bonds. The van der Waals surface area contributed by atoms with Crippen LogP contribution in [0.4, 0.5) is 0 Å². The maximum Gasteiger partial charge on any atom is 0.307 e. The van der Waals surface area contributed by atoms with Gasteiger partial charge in [-0.05, 0) is 45.8 Å². The van der Waals surface area contributed by atoms with E-state index in [1.165, 1.54) is 0 Å². The minimum absolute atomic E-state index is 0.148. The summed E-state index contributed by atoms with van der Waals surface area (Å²) in [6, 6.07) is 0. The van der Waals surface area contributed by atoms with E-state index in [9.17, 15) is 9.59 Å². The number of amides is 1. The topological polar surface area (TPSA) is 49.9 Å². The highest BCUT2D eigenvalue weighted by atomic mass is 16.5. The van der Waals surface area contributed by atoms with Crippen molar-refractivity contribution < 1.29 is 14.3 Å². The van der Waals surface area contributed by atoms with Crippen LogP contribution in [0.15, 0.2) is 0 Å². The molecule has 130 valence electrons. The van der Waals surface area contributed by atoms with Crippen molar-refractivity contribution in [3.63, 3.8) is 0 Å². The monoisotopic (exact) mass is 314 g/mol. The molecule has 0 aromatic rings. The van der Waals surface area contributed by atoms with E-state index in [4.69, 9.17) is 4.74 Å². The van der Waals surface area contributed by atoms with Crippen LogP contribution in [0.25, 0.3) is 0 Å². The standard InChI is InChI=1S/C17H34N2O3/c1-5-11-16(20)19(15-12-17(21)22-8-4)14-10-9-13-18(6-2)7-3/h5-15H2,1-4H3. The molecule has 0 fully saturated rings. The number of unbranched alkanes of at least 4 members (excludes halogenated alkanes) is 1. The van der Waals surface area contributed by atoms with E-state index in [2.05, 4.69) is 18.7 Å². The fourth-order valence-electron chi connectivity index (χ4n) is 2.37. The quantitative estimate of drug-likeness (QED) is 0.387. The first-order valence-corrected chi connectivity index (χ1v) is 8.74. The SMILES string of the molecule is CCCC(=O)N(CCCCN(CC)CC)CCC(=O)OCC. The predicted molar refractivity (Wildman–Crippen MR) is 89.8 cm³/mol. The van der Waals surface area contributed by atoms with Gasteiger partial charge in [0.25, 0.3) is 0 Å². The van der Waals surface area contributed by atoms with Crippen LogP contribution in [0.3, 0.4) is 0 Å². The molecule has 0 aromatic carbocycles. The molecule has 0 aliphatic carbocycles. The van der Waals surface area contributed by atoms with Gasteiger partial charge in [-0.15, -0.1) is 0 Å². The number of ether oxygens (including phenoxy) is 1. The summed E-state index contributed by atoms with van der Waals surface area (Å²) in [5, 5.41) is 0. The van der Waals surface area contributed by atoms with Gasteiger partial charge in [-0.3, -0.25) is 9.59 Å². The number of carbonyl (C=O) groups is 2. The summed E-state index contributed by atoms with van der Waals surface area (Å²) < 4.78 is 4.93. The number of carbonyl (C=O) groups excluding carboxylic acids is 2. The number of hydrogen-bond acceptors (Lipinski definition) is 4. The third-order valence-electron chi connectivity index (χ3n) is 3.75. The zero-order chi connectivity index (χ0) is 16.8. The first-order chi connectivity index (χ1) is 10.6. The lowest BCUT2D eigenvalue weighted by Gasteiger charge is -2.23. The highest BCUT2D eigenvalue weighted by Gasteiger charge is 2.14. The first-order valence-electron chi connectivity index (χ1n) is 8.74. The Bertz CT molecular complexity index is 304. The van der Waals surface area contributed by atoms with Gasteiger partial charge < -0.3 is 14.5 Å². The molecule has 0 aliphatic heterocycles. The molecule has 5 heteroatoms. The van der Waals surface area contributed by atoms with Crippen molar-refractivity contribution in [2.75, 3.05) is 39.3 Å². The zero-order valence-corrected chi connectivity index (χ0v) is 14.9. The summed E-state index contributed by atoms with van der Waals surface area (Å²) in [6.07, 6.45) is 3.75. The van der Waals surface area contributed by atoms with Gasteiger partial charge >= 0.3 is 5.97 Å². The Morgan fingerprint density at radius 3 is 2.05 bits per heavy atom. The molecule has 0 aromatic heterocycles. The molecule has 0 spiro atoms. The first kappa shape index (κ1) is 20.9. The van der Waals surface area contributed by atoms with Crippen LogP contribution in [0.1, 0.15) is 59.8 Å². The van der Waals surface area contributed by atoms with E-state index in [1.54, 1.807) is 6.92 Å². The third kappa shape index (κ3) is 9.77. The molecule has 0 N–H and O–H groups in total. The molecule has 0 atom stereocenters. The lowest BCUT2D eigenvalue weighted by atomic mass is 10.2. The lowest BCUT2D eigenvalue weighted by molar-refractivity contribution is -0.144. The zero-order valence-electron chi connectivity index (χ0n) is 14.9. The Morgan fingerprint density at radius 1 is 0.864 bits per heavy atom. The maximum atomic E-state index is 12.1. The number of esters is 1. The maximum absolute atomic E-state index is 12.1. The van der Waals surface area contributed by atoms with Crippen molar-refractivity contribution in [2.24, 2.45) is 0 Å². The Hall–Kier alpha value is -1.10. The molecule has 0 radical (unpaired) electrons. The predicted octanol–water partition coefficient (Wildman–Crippen LogP) is 2.69. The average molecular weight is 314 g/mol. The summed E-state index contributed by atoms with van der Waals surface area (Å²) in [4.78, 5) is 27.8. The van der Waals surface area contributed by atoms with Gasteiger partial charge in [0.2, 0.25) is 5.91 Å². The smallest absolute Gasteiger partial charge is 0.307 e. The number of hydrogen-bond donors (Lipinski definition) is 0. The van der Waals surface area contributed by atoms with Crippen LogP contribution in [0, 0.1) is 0 Å². The van der Waals surface area contributed by atoms with Gasteiger partial charge in [-0.2, -0.15) is 0 Å². The molecule has 0 unspecified atom stereocenters. The minimum Gasteiger partial charge on any atom is -0.466 e. The van der Waals surface area contributed by atoms with Crippen LogP contribution in [-0.2, 0) is 14.3 Å². The van der Waals surface area contributed by atoms with E-state index in [0.29, 0.717) is 26.0 Å². The van der Waals surface area contributed by atoms with Gasteiger partial charge in [-0.1, -0.05) is 20.8 Å². The fourth-order valence-corrected chi connectivity index (χ4v) is 2.37.